The van der Waals surface area contributed by atoms with Crippen LogP contribution in [0.3, 0.4) is 0 Å². The number of carbonyl (C=O) groups is 1. The zero-order chi connectivity index (χ0) is 14.4. The lowest BCUT2D eigenvalue weighted by molar-refractivity contribution is -0.122. The van der Waals surface area contributed by atoms with E-state index in [4.69, 9.17) is 12.2 Å². The molecule has 0 radical (unpaired) electrons. The van der Waals surface area contributed by atoms with Gasteiger partial charge in [0.1, 0.15) is 0 Å². The first-order chi connectivity index (χ1) is 9.69. The number of hydrogen-bond acceptors (Lipinski definition) is 3. The largest absolute Gasteiger partial charge is 0.351 e. The Labute approximate surface area is 120 Å². The quantitative estimate of drug-likeness (QED) is 0.776. The van der Waals surface area contributed by atoms with Crippen LogP contribution in [0.15, 0.2) is 30.3 Å². The Balaban J connectivity index is 1.78. The Morgan fingerprint density at radius 3 is 2.95 bits per heavy atom. The zero-order valence-electron chi connectivity index (χ0n) is 11.6. The molecule has 1 heterocycles. The molecule has 1 aliphatic rings. The average molecular weight is 271 g/mol. The lowest BCUT2D eigenvalue weighted by atomic mass is 10.2. The summed E-state index contributed by atoms with van der Waals surface area (Å²) in [6.45, 7) is 2.78. The van der Waals surface area contributed by atoms with Crippen molar-refractivity contribution in [1.82, 2.24) is 10.2 Å². The zero-order valence-corrected chi connectivity index (χ0v) is 11.6. The Kier molecular flexibility index (Phi) is 5.16. The Hall–Kier alpha value is -1.83. The van der Waals surface area contributed by atoms with Crippen molar-refractivity contribution >= 4 is 5.91 Å². The van der Waals surface area contributed by atoms with Gasteiger partial charge in [-0.1, -0.05) is 30.3 Å². The molecule has 1 amide bonds. The van der Waals surface area contributed by atoms with E-state index in [2.05, 4.69) is 28.3 Å². The molecule has 4 nitrogen and oxygen atoms in total. The van der Waals surface area contributed by atoms with E-state index in [0.29, 0.717) is 0 Å². The predicted molar refractivity (Wildman–Crippen MR) is 79.7 cm³/mol. The van der Waals surface area contributed by atoms with E-state index >= 15 is 0 Å². The number of nitrogens with two attached hydrogens (primary N) is 1. The lowest BCUT2D eigenvalue weighted by Crippen LogP contribution is -2.46. The summed E-state index contributed by atoms with van der Waals surface area (Å²) in [6, 6.07) is 9.93. The molecule has 2 rings (SSSR count). The molecule has 20 heavy (non-hydrogen) atoms. The first-order valence-electron chi connectivity index (χ1n) is 6.94. The molecule has 0 bridgehead atoms. The van der Waals surface area contributed by atoms with Gasteiger partial charge < -0.3 is 11.1 Å². The number of nitrogens with zero attached hydrogens (tertiary/aromatic N) is 1. The van der Waals surface area contributed by atoms with Gasteiger partial charge >= 0.3 is 0 Å². The maximum absolute atomic E-state index is 11.8. The highest BCUT2D eigenvalue weighted by Gasteiger charge is 2.25. The Morgan fingerprint density at radius 1 is 1.50 bits per heavy atom. The highest BCUT2D eigenvalue weighted by atomic mass is 16.2. The van der Waals surface area contributed by atoms with E-state index in [1.54, 1.807) is 0 Å². The molecule has 0 aliphatic carbocycles. The van der Waals surface area contributed by atoms with Crippen LogP contribution in [-0.2, 0) is 11.3 Å². The summed E-state index contributed by atoms with van der Waals surface area (Å²) in [5.74, 6) is 2.27. The van der Waals surface area contributed by atoms with Crippen molar-refractivity contribution in [2.24, 2.45) is 5.73 Å². The van der Waals surface area contributed by atoms with Crippen LogP contribution in [0.2, 0.25) is 0 Å². The molecule has 1 aromatic carbocycles. The molecule has 2 atom stereocenters. The highest BCUT2D eigenvalue weighted by Crippen LogP contribution is 2.13. The van der Waals surface area contributed by atoms with Gasteiger partial charge in [-0.25, -0.2) is 0 Å². The van der Waals surface area contributed by atoms with Gasteiger partial charge in [0.25, 0.3) is 0 Å². The standard InChI is InChI=1S/C16H21N3O/c1-2-6-15(17)16(20)18-14-9-10-19(12-14)11-13-7-4-3-5-8-13/h1,3-5,7-8,14-15H,6,9-12,17H2,(H,18,20). The molecule has 106 valence electrons. The Morgan fingerprint density at radius 2 is 2.25 bits per heavy atom. The highest BCUT2D eigenvalue weighted by molar-refractivity contribution is 5.82. The average Bonchev–Trinajstić information content (AvgIpc) is 2.87. The van der Waals surface area contributed by atoms with Crippen molar-refractivity contribution in [2.75, 3.05) is 13.1 Å². The molecule has 2 unspecified atom stereocenters. The normalized spacial score (nSPS) is 20.3. The summed E-state index contributed by atoms with van der Waals surface area (Å²) in [6.07, 6.45) is 6.41. The van der Waals surface area contributed by atoms with E-state index < -0.39 is 6.04 Å². The number of nitrogens with one attached hydrogen (secondary N) is 1. The molecular formula is C16H21N3O. The molecule has 0 spiro atoms. The second-order valence-corrected chi connectivity index (χ2v) is 5.23. The van der Waals surface area contributed by atoms with Crippen molar-refractivity contribution in [3.05, 3.63) is 35.9 Å². The SMILES string of the molecule is C#CCC(N)C(=O)NC1CCN(Cc2ccccc2)C1. The number of benzene rings is 1. The third-order valence-corrected chi connectivity index (χ3v) is 3.54. The van der Waals surface area contributed by atoms with Gasteiger partial charge in [0.15, 0.2) is 0 Å². The second kappa shape index (κ2) is 7.09. The number of hydrogen-bond donors (Lipinski definition) is 2. The van der Waals surface area contributed by atoms with E-state index in [0.717, 1.165) is 26.1 Å². The van der Waals surface area contributed by atoms with Crippen molar-refractivity contribution in [3.63, 3.8) is 0 Å². The molecular weight excluding hydrogens is 250 g/mol. The van der Waals surface area contributed by atoms with Crippen LogP contribution in [0.25, 0.3) is 0 Å². The molecule has 1 aromatic rings. The van der Waals surface area contributed by atoms with Crippen molar-refractivity contribution < 1.29 is 4.79 Å². The number of amides is 1. The van der Waals surface area contributed by atoms with Crippen LogP contribution >= 0.6 is 0 Å². The van der Waals surface area contributed by atoms with Crippen molar-refractivity contribution in [2.45, 2.75) is 31.5 Å². The maximum atomic E-state index is 11.8. The third kappa shape index (κ3) is 4.09. The number of carbonyl (C=O) groups excluding carboxylic acids is 1. The van der Waals surface area contributed by atoms with Crippen LogP contribution in [0.4, 0.5) is 0 Å². The number of terminal acetylenes is 1. The van der Waals surface area contributed by atoms with Crippen molar-refractivity contribution in [1.29, 1.82) is 0 Å². The van der Waals surface area contributed by atoms with Gasteiger partial charge in [-0.3, -0.25) is 9.69 Å². The monoisotopic (exact) mass is 271 g/mol. The lowest BCUT2D eigenvalue weighted by Gasteiger charge is -2.18. The first kappa shape index (κ1) is 14.6. The minimum absolute atomic E-state index is 0.144. The Bertz CT molecular complexity index is 480. The fraction of sp³-hybridized carbons (Fsp3) is 0.438. The fourth-order valence-corrected chi connectivity index (χ4v) is 2.46. The third-order valence-electron chi connectivity index (χ3n) is 3.54. The van der Waals surface area contributed by atoms with Gasteiger partial charge in [-0.2, -0.15) is 0 Å². The minimum Gasteiger partial charge on any atom is -0.351 e. The predicted octanol–water partition coefficient (Wildman–Crippen LogP) is 0.728. The van der Waals surface area contributed by atoms with Gasteiger partial charge in [0, 0.05) is 32.1 Å². The first-order valence-corrected chi connectivity index (χ1v) is 6.94. The minimum atomic E-state index is -0.594. The van der Waals surface area contributed by atoms with Crippen LogP contribution < -0.4 is 11.1 Å². The van der Waals surface area contributed by atoms with Gasteiger partial charge in [0.2, 0.25) is 5.91 Å². The topological polar surface area (TPSA) is 58.4 Å². The molecule has 3 N–H and O–H groups in total. The summed E-state index contributed by atoms with van der Waals surface area (Å²) < 4.78 is 0. The molecule has 1 saturated heterocycles. The van der Waals surface area contributed by atoms with Gasteiger partial charge in [-0.05, 0) is 12.0 Å². The summed E-state index contributed by atoms with van der Waals surface area (Å²) in [5, 5.41) is 2.98. The van der Waals surface area contributed by atoms with Gasteiger partial charge in [-0.15, -0.1) is 12.3 Å². The molecule has 0 aromatic heterocycles. The van der Waals surface area contributed by atoms with Crippen LogP contribution in [0.5, 0.6) is 0 Å². The summed E-state index contributed by atoms with van der Waals surface area (Å²) in [7, 11) is 0. The van der Waals surface area contributed by atoms with Gasteiger partial charge in [0.05, 0.1) is 6.04 Å². The summed E-state index contributed by atoms with van der Waals surface area (Å²) >= 11 is 0. The van der Waals surface area contributed by atoms with E-state index in [-0.39, 0.29) is 18.4 Å². The smallest absolute Gasteiger partial charge is 0.238 e. The summed E-state index contributed by atoms with van der Waals surface area (Å²) in [5.41, 5.74) is 6.99. The second-order valence-electron chi connectivity index (χ2n) is 5.23. The number of rotatable bonds is 5. The van der Waals surface area contributed by atoms with Crippen LogP contribution in [0, 0.1) is 12.3 Å². The molecule has 4 heteroatoms. The molecule has 1 fully saturated rings. The van der Waals surface area contributed by atoms with E-state index in [1.807, 2.05) is 18.2 Å². The van der Waals surface area contributed by atoms with Crippen LogP contribution in [-0.4, -0.2) is 36.0 Å². The van der Waals surface area contributed by atoms with Crippen molar-refractivity contribution in [3.8, 4) is 12.3 Å². The van der Waals surface area contributed by atoms with Crippen LogP contribution in [0.1, 0.15) is 18.4 Å². The molecule has 0 saturated carbocycles. The number of likely N-dealkylation sites (tertiary alicyclic amines) is 1. The summed E-state index contributed by atoms with van der Waals surface area (Å²) in [4.78, 5) is 14.1. The molecule has 1 aliphatic heterocycles. The van der Waals surface area contributed by atoms with E-state index in [9.17, 15) is 4.79 Å². The van der Waals surface area contributed by atoms with E-state index in [1.165, 1.54) is 5.56 Å². The maximum Gasteiger partial charge on any atom is 0.238 e. The fourth-order valence-electron chi connectivity index (χ4n) is 2.46.